The first-order chi connectivity index (χ1) is 10.6. The Bertz CT molecular complexity index is 428. The van der Waals surface area contributed by atoms with Gasteiger partial charge in [-0.2, -0.15) is 0 Å². The molecule has 0 bridgehead atoms. The lowest BCUT2D eigenvalue weighted by Crippen LogP contribution is -2.57. The average molecular weight is 334 g/mol. The molecule has 1 saturated heterocycles. The van der Waals surface area contributed by atoms with Crippen molar-refractivity contribution in [2.24, 2.45) is 11.1 Å². The molecule has 2 N–H and O–H groups in total. The van der Waals surface area contributed by atoms with Crippen LogP contribution in [0, 0.1) is 5.41 Å². The largest absolute Gasteiger partial charge is 0.444 e. The molecule has 1 heterocycles. The lowest BCUT2D eigenvalue weighted by molar-refractivity contribution is -0.137. The fourth-order valence-electron chi connectivity index (χ4n) is 3.28. The standard InChI is InChI=1S/C16H28F2N2O3/c1-14(2,3)23-13(21)20-8-9-22-12(10-20)15(11-19)4-6-16(17,18)7-5-15/h12H,4-11,19H2,1-3H3. The summed E-state index contributed by atoms with van der Waals surface area (Å²) in [5.41, 5.74) is 4.87. The number of carbonyl (C=O) groups excluding carboxylic acids is 1. The number of alkyl halides is 2. The second-order valence-corrected chi connectivity index (χ2v) is 7.71. The van der Waals surface area contributed by atoms with Crippen LogP contribution in [-0.2, 0) is 9.47 Å². The number of nitrogens with zero attached hydrogens (tertiary/aromatic N) is 1. The molecule has 1 saturated carbocycles. The van der Waals surface area contributed by atoms with Gasteiger partial charge in [0, 0.05) is 31.3 Å². The zero-order chi connectivity index (χ0) is 17.3. The Kier molecular flexibility index (Phi) is 5.21. The van der Waals surface area contributed by atoms with Crippen molar-refractivity contribution in [3.8, 4) is 0 Å². The third-order valence-corrected chi connectivity index (χ3v) is 4.78. The summed E-state index contributed by atoms with van der Waals surface area (Å²) < 4.78 is 38.2. The predicted molar refractivity (Wildman–Crippen MR) is 82.4 cm³/mol. The highest BCUT2D eigenvalue weighted by molar-refractivity contribution is 5.68. The third-order valence-electron chi connectivity index (χ3n) is 4.78. The van der Waals surface area contributed by atoms with Crippen LogP contribution in [0.25, 0.3) is 0 Å². The molecule has 1 aliphatic heterocycles. The van der Waals surface area contributed by atoms with Crippen molar-refractivity contribution in [3.63, 3.8) is 0 Å². The second-order valence-electron chi connectivity index (χ2n) is 7.71. The third kappa shape index (κ3) is 4.53. The number of amides is 1. The highest BCUT2D eigenvalue weighted by Gasteiger charge is 2.49. The first-order valence-corrected chi connectivity index (χ1v) is 8.24. The summed E-state index contributed by atoms with van der Waals surface area (Å²) in [5.74, 6) is -2.61. The van der Waals surface area contributed by atoms with Gasteiger partial charge in [-0.1, -0.05) is 0 Å². The van der Waals surface area contributed by atoms with E-state index in [1.807, 2.05) is 20.8 Å². The van der Waals surface area contributed by atoms with E-state index in [1.54, 1.807) is 4.90 Å². The Morgan fingerprint density at radius 3 is 2.43 bits per heavy atom. The Morgan fingerprint density at radius 2 is 1.91 bits per heavy atom. The molecule has 0 spiro atoms. The fourth-order valence-corrected chi connectivity index (χ4v) is 3.28. The van der Waals surface area contributed by atoms with Gasteiger partial charge in [0.15, 0.2) is 0 Å². The maximum absolute atomic E-state index is 13.5. The van der Waals surface area contributed by atoms with Crippen LogP contribution in [-0.4, -0.2) is 54.9 Å². The van der Waals surface area contributed by atoms with Gasteiger partial charge in [0.2, 0.25) is 5.92 Å². The molecule has 0 aromatic rings. The molecular weight excluding hydrogens is 306 g/mol. The van der Waals surface area contributed by atoms with Crippen LogP contribution in [0.15, 0.2) is 0 Å². The first-order valence-electron chi connectivity index (χ1n) is 8.24. The number of ether oxygens (including phenoxy) is 2. The van der Waals surface area contributed by atoms with Crippen LogP contribution in [0.2, 0.25) is 0 Å². The molecule has 7 heteroatoms. The number of morpholine rings is 1. The quantitative estimate of drug-likeness (QED) is 0.843. The number of nitrogens with two attached hydrogens (primary N) is 1. The molecule has 0 aromatic carbocycles. The van der Waals surface area contributed by atoms with E-state index >= 15 is 0 Å². The van der Waals surface area contributed by atoms with Gasteiger partial charge in [-0.3, -0.25) is 0 Å². The molecule has 5 nitrogen and oxygen atoms in total. The molecule has 0 radical (unpaired) electrons. The van der Waals surface area contributed by atoms with E-state index in [1.165, 1.54) is 0 Å². The van der Waals surface area contributed by atoms with Crippen LogP contribution in [0.4, 0.5) is 13.6 Å². The average Bonchev–Trinajstić information content (AvgIpc) is 2.46. The maximum Gasteiger partial charge on any atom is 0.410 e. The minimum atomic E-state index is -2.61. The maximum atomic E-state index is 13.5. The SMILES string of the molecule is CC(C)(C)OC(=O)N1CCOC(C2(CN)CCC(F)(F)CC2)C1. The summed E-state index contributed by atoms with van der Waals surface area (Å²) in [7, 11) is 0. The zero-order valence-corrected chi connectivity index (χ0v) is 14.2. The number of hydrogen-bond acceptors (Lipinski definition) is 4. The molecule has 134 valence electrons. The fraction of sp³-hybridized carbons (Fsp3) is 0.938. The van der Waals surface area contributed by atoms with Crippen molar-refractivity contribution in [2.75, 3.05) is 26.2 Å². The highest BCUT2D eigenvalue weighted by atomic mass is 19.3. The predicted octanol–water partition coefficient (Wildman–Crippen LogP) is 2.78. The van der Waals surface area contributed by atoms with Gasteiger partial charge >= 0.3 is 6.09 Å². The monoisotopic (exact) mass is 334 g/mol. The highest BCUT2D eigenvalue weighted by Crippen LogP contribution is 2.46. The van der Waals surface area contributed by atoms with Crippen molar-refractivity contribution in [1.29, 1.82) is 0 Å². The van der Waals surface area contributed by atoms with Crippen LogP contribution in [0.1, 0.15) is 46.5 Å². The van der Waals surface area contributed by atoms with Crippen LogP contribution in [0.5, 0.6) is 0 Å². The first kappa shape index (κ1) is 18.4. The number of halogens is 2. The molecule has 1 amide bonds. The smallest absolute Gasteiger partial charge is 0.410 e. The normalized spacial score (nSPS) is 27.6. The van der Waals surface area contributed by atoms with Gasteiger partial charge in [-0.25, -0.2) is 13.6 Å². The summed E-state index contributed by atoms with van der Waals surface area (Å²) in [6.07, 6.45) is -0.399. The van der Waals surface area contributed by atoms with Crippen LogP contribution in [0.3, 0.4) is 0 Å². The Morgan fingerprint density at radius 1 is 1.30 bits per heavy atom. The summed E-state index contributed by atoms with van der Waals surface area (Å²) >= 11 is 0. The summed E-state index contributed by atoms with van der Waals surface area (Å²) in [6.45, 7) is 6.89. The molecule has 0 aromatic heterocycles. The van der Waals surface area contributed by atoms with Gasteiger partial charge in [-0.15, -0.1) is 0 Å². The number of hydrogen-bond donors (Lipinski definition) is 1. The minimum absolute atomic E-state index is 0.170. The molecule has 23 heavy (non-hydrogen) atoms. The zero-order valence-electron chi connectivity index (χ0n) is 14.2. The summed E-state index contributed by atoms with van der Waals surface area (Å²) in [4.78, 5) is 13.8. The Hall–Kier alpha value is -0.950. The summed E-state index contributed by atoms with van der Waals surface area (Å²) in [5, 5.41) is 0. The molecular formula is C16H28F2N2O3. The van der Waals surface area contributed by atoms with E-state index < -0.39 is 16.9 Å². The molecule has 1 aliphatic carbocycles. The molecule has 2 rings (SSSR count). The van der Waals surface area contributed by atoms with E-state index in [2.05, 4.69) is 0 Å². The van der Waals surface area contributed by atoms with Gasteiger partial charge in [0.25, 0.3) is 0 Å². The van der Waals surface area contributed by atoms with E-state index in [4.69, 9.17) is 15.2 Å². The Labute approximate surface area is 136 Å². The Balaban J connectivity index is 2.03. The van der Waals surface area contributed by atoms with Crippen molar-refractivity contribution in [1.82, 2.24) is 4.90 Å². The second kappa shape index (κ2) is 6.51. The van der Waals surface area contributed by atoms with Crippen molar-refractivity contribution >= 4 is 6.09 Å². The van der Waals surface area contributed by atoms with Crippen LogP contribution >= 0.6 is 0 Å². The molecule has 2 aliphatic rings. The number of carbonyl (C=O) groups is 1. The minimum Gasteiger partial charge on any atom is -0.444 e. The van der Waals surface area contributed by atoms with Gasteiger partial charge < -0.3 is 20.1 Å². The topological polar surface area (TPSA) is 64.8 Å². The van der Waals surface area contributed by atoms with Crippen molar-refractivity contribution in [3.05, 3.63) is 0 Å². The molecule has 2 fully saturated rings. The van der Waals surface area contributed by atoms with E-state index in [-0.39, 0.29) is 31.6 Å². The van der Waals surface area contributed by atoms with Crippen LogP contribution < -0.4 is 5.73 Å². The van der Waals surface area contributed by atoms with E-state index in [9.17, 15) is 13.6 Å². The van der Waals surface area contributed by atoms with Crippen molar-refractivity contribution < 1.29 is 23.0 Å². The summed E-state index contributed by atoms with van der Waals surface area (Å²) in [6, 6.07) is 0. The van der Waals surface area contributed by atoms with Gasteiger partial charge in [0.05, 0.1) is 19.3 Å². The lowest BCUT2D eigenvalue weighted by atomic mass is 9.68. The van der Waals surface area contributed by atoms with E-state index in [0.29, 0.717) is 32.5 Å². The molecule has 1 unspecified atom stereocenters. The van der Waals surface area contributed by atoms with Gasteiger partial charge in [-0.05, 0) is 33.6 Å². The number of rotatable bonds is 2. The van der Waals surface area contributed by atoms with Gasteiger partial charge in [0.1, 0.15) is 5.60 Å². The molecule has 1 atom stereocenters. The van der Waals surface area contributed by atoms with E-state index in [0.717, 1.165) is 0 Å². The van der Waals surface area contributed by atoms with Crippen molar-refractivity contribution in [2.45, 2.75) is 64.1 Å². The lowest BCUT2D eigenvalue weighted by Gasteiger charge is -2.47.